The number of amides is 1. The lowest BCUT2D eigenvalue weighted by atomic mass is 10.1. The van der Waals surface area contributed by atoms with Crippen molar-refractivity contribution in [3.05, 3.63) is 38.3 Å². The fourth-order valence-electron chi connectivity index (χ4n) is 1.37. The summed E-state index contributed by atoms with van der Waals surface area (Å²) in [6, 6.07) is 2.82. The van der Waals surface area contributed by atoms with Crippen molar-refractivity contribution in [2.24, 2.45) is 0 Å². The second kappa shape index (κ2) is 6.28. The molecule has 0 unspecified atom stereocenters. The number of nitrogens with one attached hydrogen (secondary N) is 1. The number of aliphatic carboxylic acids is 1. The van der Waals surface area contributed by atoms with Crippen molar-refractivity contribution in [3.63, 3.8) is 0 Å². The van der Waals surface area contributed by atoms with Crippen LogP contribution in [0, 0.1) is 10.1 Å². The molecular weight excluding hydrogens is 320 g/mol. The topological polar surface area (TPSA) is 110 Å². The second-order valence-corrected chi connectivity index (χ2v) is 4.55. The lowest BCUT2D eigenvalue weighted by Gasteiger charge is -2.12. The van der Waals surface area contributed by atoms with Crippen LogP contribution < -0.4 is 5.32 Å². The molecular formula is C11H11BrN2O5. The van der Waals surface area contributed by atoms with Gasteiger partial charge in [-0.25, -0.2) is 4.79 Å². The van der Waals surface area contributed by atoms with E-state index in [2.05, 4.69) is 21.2 Å². The number of rotatable bonds is 5. The van der Waals surface area contributed by atoms with Crippen LogP contribution in [0.5, 0.6) is 0 Å². The van der Waals surface area contributed by atoms with Crippen molar-refractivity contribution in [2.45, 2.75) is 19.4 Å². The highest BCUT2D eigenvalue weighted by atomic mass is 79.9. The van der Waals surface area contributed by atoms with Gasteiger partial charge in [0, 0.05) is 11.6 Å². The summed E-state index contributed by atoms with van der Waals surface area (Å²) in [6.07, 6.45) is 0.222. The summed E-state index contributed by atoms with van der Waals surface area (Å²) in [5.41, 5.74) is -0.217. The number of carboxylic acid groups (broad SMARTS) is 1. The first-order chi connectivity index (χ1) is 8.86. The maximum Gasteiger partial charge on any atom is 0.326 e. The van der Waals surface area contributed by atoms with E-state index >= 15 is 0 Å². The quantitative estimate of drug-likeness (QED) is 0.633. The fraction of sp³-hybridized carbons (Fsp3) is 0.273. The molecule has 19 heavy (non-hydrogen) atoms. The molecule has 1 atom stereocenters. The lowest BCUT2D eigenvalue weighted by molar-refractivity contribution is -0.385. The summed E-state index contributed by atoms with van der Waals surface area (Å²) in [5.74, 6) is -1.81. The van der Waals surface area contributed by atoms with Crippen LogP contribution in [0.2, 0.25) is 0 Å². The number of carboxylic acids is 1. The van der Waals surface area contributed by atoms with E-state index in [1.807, 2.05) is 0 Å². The summed E-state index contributed by atoms with van der Waals surface area (Å²) < 4.78 is 0.249. The van der Waals surface area contributed by atoms with E-state index in [-0.39, 0.29) is 22.1 Å². The molecule has 1 aromatic carbocycles. The maximum absolute atomic E-state index is 11.8. The minimum atomic E-state index is -1.15. The monoisotopic (exact) mass is 330 g/mol. The molecule has 0 fully saturated rings. The van der Waals surface area contributed by atoms with E-state index < -0.39 is 22.8 Å². The van der Waals surface area contributed by atoms with Crippen molar-refractivity contribution in [3.8, 4) is 0 Å². The van der Waals surface area contributed by atoms with E-state index in [0.717, 1.165) is 6.07 Å². The van der Waals surface area contributed by atoms with Gasteiger partial charge in [0.05, 0.1) is 9.40 Å². The zero-order valence-electron chi connectivity index (χ0n) is 9.92. The molecule has 0 radical (unpaired) electrons. The Morgan fingerprint density at radius 1 is 1.53 bits per heavy atom. The Morgan fingerprint density at radius 3 is 2.63 bits per heavy atom. The molecule has 8 heteroatoms. The highest BCUT2D eigenvalue weighted by Gasteiger charge is 2.21. The number of carbonyl (C=O) groups is 2. The Hall–Kier alpha value is -1.96. The van der Waals surface area contributed by atoms with Gasteiger partial charge in [0.15, 0.2) is 0 Å². The van der Waals surface area contributed by atoms with E-state index in [9.17, 15) is 19.7 Å². The number of carbonyl (C=O) groups excluding carboxylic acids is 1. The predicted molar refractivity (Wildman–Crippen MR) is 70.0 cm³/mol. The second-order valence-electron chi connectivity index (χ2n) is 3.70. The van der Waals surface area contributed by atoms with Crippen LogP contribution in [0.1, 0.15) is 23.7 Å². The van der Waals surface area contributed by atoms with Crippen molar-refractivity contribution in [2.75, 3.05) is 0 Å². The van der Waals surface area contributed by atoms with Crippen LogP contribution in [0.25, 0.3) is 0 Å². The van der Waals surface area contributed by atoms with Crippen LogP contribution in [-0.2, 0) is 4.79 Å². The molecule has 0 heterocycles. The normalized spacial score (nSPS) is 11.7. The number of nitro benzene ring substituents is 1. The van der Waals surface area contributed by atoms with Gasteiger partial charge in [-0.1, -0.05) is 6.92 Å². The van der Waals surface area contributed by atoms with Gasteiger partial charge in [0.2, 0.25) is 0 Å². The number of nitrogens with zero attached hydrogens (tertiary/aromatic N) is 1. The average molecular weight is 331 g/mol. The first kappa shape index (κ1) is 15.1. The summed E-state index contributed by atoms with van der Waals surface area (Å²) in [4.78, 5) is 32.7. The summed E-state index contributed by atoms with van der Waals surface area (Å²) >= 11 is 3.00. The molecule has 1 aromatic rings. The Morgan fingerprint density at radius 2 is 2.16 bits per heavy atom. The lowest BCUT2D eigenvalue weighted by Crippen LogP contribution is -2.40. The first-order valence-electron chi connectivity index (χ1n) is 5.34. The summed E-state index contributed by atoms with van der Waals surface area (Å²) in [5, 5.41) is 21.9. The van der Waals surface area contributed by atoms with E-state index in [1.54, 1.807) is 6.92 Å². The van der Waals surface area contributed by atoms with Gasteiger partial charge in [0.1, 0.15) is 6.04 Å². The van der Waals surface area contributed by atoms with Crippen molar-refractivity contribution in [1.29, 1.82) is 0 Å². The highest BCUT2D eigenvalue weighted by Crippen LogP contribution is 2.25. The number of nitro groups is 1. The third-order valence-electron chi connectivity index (χ3n) is 2.42. The predicted octanol–water partition coefficient (Wildman–Crippen LogP) is 1.95. The molecule has 0 bridgehead atoms. The molecule has 1 amide bonds. The van der Waals surface area contributed by atoms with Gasteiger partial charge < -0.3 is 10.4 Å². The van der Waals surface area contributed by atoms with Crippen molar-refractivity contribution in [1.82, 2.24) is 5.32 Å². The zero-order valence-corrected chi connectivity index (χ0v) is 11.5. The van der Waals surface area contributed by atoms with Gasteiger partial charge in [-0.05, 0) is 34.5 Å². The van der Waals surface area contributed by atoms with E-state index in [0.29, 0.717) is 0 Å². The minimum absolute atomic E-state index is 0.0367. The molecule has 2 N–H and O–H groups in total. The highest BCUT2D eigenvalue weighted by molar-refractivity contribution is 9.10. The fourth-order valence-corrected chi connectivity index (χ4v) is 1.77. The van der Waals surface area contributed by atoms with Crippen LogP contribution >= 0.6 is 15.9 Å². The molecule has 102 valence electrons. The van der Waals surface area contributed by atoms with E-state index in [1.165, 1.54) is 12.1 Å². The van der Waals surface area contributed by atoms with Crippen LogP contribution in [0.4, 0.5) is 5.69 Å². The SMILES string of the molecule is CC[C@@H](NC(=O)c1ccc(Br)c([N+](=O)[O-])c1)C(=O)O. The van der Waals surface area contributed by atoms with Gasteiger partial charge >= 0.3 is 5.97 Å². The molecule has 0 saturated heterocycles. The smallest absolute Gasteiger partial charge is 0.326 e. The number of halogens is 1. The third kappa shape index (κ3) is 3.75. The third-order valence-corrected chi connectivity index (χ3v) is 3.09. The van der Waals surface area contributed by atoms with Crippen LogP contribution in [0.15, 0.2) is 22.7 Å². The average Bonchev–Trinajstić information content (AvgIpc) is 2.35. The van der Waals surface area contributed by atoms with E-state index in [4.69, 9.17) is 5.11 Å². The van der Waals surface area contributed by atoms with Gasteiger partial charge in [0.25, 0.3) is 11.6 Å². The Bertz CT molecular complexity index is 532. The number of hydrogen-bond donors (Lipinski definition) is 2. The Balaban J connectivity index is 2.97. The maximum atomic E-state index is 11.8. The van der Waals surface area contributed by atoms with Gasteiger partial charge in [-0.15, -0.1) is 0 Å². The molecule has 0 aliphatic carbocycles. The van der Waals surface area contributed by atoms with Gasteiger partial charge in [-0.3, -0.25) is 14.9 Å². The Kier molecular flexibility index (Phi) is 4.99. The largest absolute Gasteiger partial charge is 0.480 e. The molecule has 0 aliphatic rings. The number of hydrogen-bond acceptors (Lipinski definition) is 4. The van der Waals surface area contributed by atoms with Crippen LogP contribution in [0.3, 0.4) is 0 Å². The first-order valence-corrected chi connectivity index (χ1v) is 6.13. The molecule has 0 aliphatic heterocycles. The summed E-state index contributed by atoms with van der Waals surface area (Å²) in [7, 11) is 0. The molecule has 7 nitrogen and oxygen atoms in total. The van der Waals surface area contributed by atoms with Gasteiger partial charge in [-0.2, -0.15) is 0 Å². The minimum Gasteiger partial charge on any atom is -0.480 e. The zero-order chi connectivity index (χ0) is 14.6. The number of benzene rings is 1. The van der Waals surface area contributed by atoms with Crippen molar-refractivity contribution < 1.29 is 19.6 Å². The standard InChI is InChI=1S/C11H11BrN2O5/c1-2-8(11(16)17)13-10(15)6-3-4-7(12)9(5-6)14(18)19/h3-5,8H,2H2,1H3,(H,13,15)(H,16,17)/t8-/m1/s1. The van der Waals surface area contributed by atoms with Crippen LogP contribution in [-0.4, -0.2) is 27.9 Å². The Labute approximate surface area is 116 Å². The van der Waals surface area contributed by atoms with Crippen molar-refractivity contribution >= 4 is 33.5 Å². The molecule has 0 saturated carbocycles. The summed E-state index contributed by atoms with van der Waals surface area (Å²) in [6.45, 7) is 1.61. The molecule has 1 rings (SSSR count). The molecule has 0 spiro atoms. The molecule has 0 aromatic heterocycles.